The van der Waals surface area contributed by atoms with Gasteiger partial charge in [-0.1, -0.05) is 0 Å². The van der Waals surface area contributed by atoms with E-state index in [1.54, 1.807) is 14.0 Å². The third-order valence-electron chi connectivity index (χ3n) is 2.42. The third-order valence-corrected chi connectivity index (χ3v) is 2.42. The lowest BCUT2D eigenvalue weighted by atomic mass is 10.1. The van der Waals surface area contributed by atoms with Gasteiger partial charge in [0.2, 0.25) is 0 Å². The average Bonchev–Trinajstić information content (AvgIpc) is 2.29. The number of Topliss-reactive ketones (excluding diaryl/α,β-unsaturated/α-hetero) is 1. The van der Waals surface area contributed by atoms with Crippen LogP contribution < -0.4 is 0 Å². The van der Waals surface area contributed by atoms with Gasteiger partial charge in [-0.25, -0.2) is 0 Å². The zero-order valence-electron chi connectivity index (χ0n) is 11.0. The smallest absolute Gasteiger partial charge is 0.305 e. The highest BCUT2D eigenvalue weighted by atomic mass is 16.5. The molecular formula is C13H24O4. The first-order valence-corrected chi connectivity index (χ1v) is 6.31. The molecule has 17 heavy (non-hydrogen) atoms. The minimum absolute atomic E-state index is 0.153. The largest absolute Gasteiger partial charge is 0.466 e. The molecule has 0 radical (unpaired) electrons. The van der Waals surface area contributed by atoms with Crippen molar-refractivity contribution in [3.8, 4) is 0 Å². The van der Waals surface area contributed by atoms with Gasteiger partial charge in [-0.05, 0) is 39.0 Å². The Balaban J connectivity index is 3.20. The third kappa shape index (κ3) is 13.0. The van der Waals surface area contributed by atoms with E-state index in [4.69, 9.17) is 9.47 Å². The fourth-order valence-electron chi connectivity index (χ4n) is 1.43. The molecule has 0 fully saturated rings. The normalized spacial score (nSPS) is 10.2. The first kappa shape index (κ1) is 16.1. The summed E-state index contributed by atoms with van der Waals surface area (Å²) in [5, 5.41) is 0. The molecule has 4 nitrogen and oxygen atoms in total. The van der Waals surface area contributed by atoms with Gasteiger partial charge in [0.15, 0.2) is 0 Å². The summed E-state index contributed by atoms with van der Waals surface area (Å²) in [7, 11) is 1.68. The second-order valence-corrected chi connectivity index (χ2v) is 4.18. The molecule has 0 bridgehead atoms. The van der Waals surface area contributed by atoms with E-state index < -0.39 is 0 Å². The zero-order valence-corrected chi connectivity index (χ0v) is 11.0. The predicted octanol–water partition coefficient (Wildman–Crippen LogP) is 2.50. The maximum absolute atomic E-state index is 11.2. The van der Waals surface area contributed by atoms with E-state index in [0.717, 1.165) is 38.7 Å². The Morgan fingerprint density at radius 2 is 1.53 bits per heavy atom. The summed E-state index contributed by atoms with van der Waals surface area (Å²) in [6, 6.07) is 0. The lowest BCUT2D eigenvalue weighted by Gasteiger charge is -2.04. The Labute approximate surface area is 104 Å². The summed E-state index contributed by atoms with van der Waals surface area (Å²) in [4.78, 5) is 21.9. The van der Waals surface area contributed by atoms with Gasteiger partial charge >= 0.3 is 5.97 Å². The van der Waals surface area contributed by atoms with Crippen LogP contribution in [0.15, 0.2) is 0 Å². The van der Waals surface area contributed by atoms with Gasteiger partial charge in [-0.3, -0.25) is 4.79 Å². The number of rotatable bonds is 11. The topological polar surface area (TPSA) is 52.6 Å². The van der Waals surface area contributed by atoms with Crippen LogP contribution in [0, 0.1) is 0 Å². The van der Waals surface area contributed by atoms with Crippen LogP contribution in [-0.2, 0) is 19.1 Å². The minimum Gasteiger partial charge on any atom is -0.466 e. The number of esters is 1. The fourth-order valence-corrected chi connectivity index (χ4v) is 1.43. The predicted molar refractivity (Wildman–Crippen MR) is 65.8 cm³/mol. The van der Waals surface area contributed by atoms with Crippen LogP contribution in [0.4, 0.5) is 0 Å². The van der Waals surface area contributed by atoms with Crippen molar-refractivity contribution in [1.82, 2.24) is 0 Å². The maximum atomic E-state index is 11.2. The van der Waals surface area contributed by atoms with Gasteiger partial charge < -0.3 is 14.3 Å². The summed E-state index contributed by atoms with van der Waals surface area (Å²) >= 11 is 0. The van der Waals surface area contributed by atoms with Crippen molar-refractivity contribution in [2.24, 2.45) is 0 Å². The molecule has 0 aliphatic carbocycles. The zero-order chi connectivity index (χ0) is 12.9. The molecule has 0 heterocycles. The molecule has 4 heteroatoms. The van der Waals surface area contributed by atoms with E-state index in [1.807, 2.05) is 0 Å². The summed E-state index contributed by atoms with van der Waals surface area (Å²) in [5.74, 6) is 0.0248. The Morgan fingerprint density at radius 1 is 0.882 bits per heavy atom. The second-order valence-electron chi connectivity index (χ2n) is 4.18. The molecule has 0 amide bonds. The molecule has 0 atom stereocenters. The lowest BCUT2D eigenvalue weighted by molar-refractivity contribution is -0.144. The molecule has 100 valence electrons. The SMILES string of the molecule is COCCCCCOC(=O)CCCCC(C)=O. The van der Waals surface area contributed by atoms with Crippen LogP contribution in [0.25, 0.3) is 0 Å². The molecule has 0 saturated carbocycles. The summed E-state index contributed by atoms with van der Waals surface area (Å²) in [5.41, 5.74) is 0. The average molecular weight is 244 g/mol. The molecule has 0 spiro atoms. The minimum atomic E-state index is -0.153. The first-order chi connectivity index (χ1) is 8.16. The lowest BCUT2D eigenvalue weighted by Crippen LogP contribution is -2.06. The summed E-state index contributed by atoms with van der Waals surface area (Å²) in [6.07, 6.45) is 5.41. The van der Waals surface area contributed by atoms with E-state index in [9.17, 15) is 9.59 Å². The molecule has 0 saturated heterocycles. The highest BCUT2D eigenvalue weighted by molar-refractivity contribution is 5.75. The fraction of sp³-hybridized carbons (Fsp3) is 0.846. The van der Waals surface area contributed by atoms with Gasteiger partial charge in [0.25, 0.3) is 0 Å². The van der Waals surface area contributed by atoms with E-state index in [1.165, 1.54) is 0 Å². The van der Waals surface area contributed by atoms with Crippen molar-refractivity contribution in [3.63, 3.8) is 0 Å². The van der Waals surface area contributed by atoms with Crippen molar-refractivity contribution < 1.29 is 19.1 Å². The van der Waals surface area contributed by atoms with Crippen LogP contribution in [0.5, 0.6) is 0 Å². The Kier molecular flexibility index (Phi) is 11.0. The second kappa shape index (κ2) is 11.6. The highest BCUT2D eigenvalue weighted by Gasteiger charge is 2.02. The molecule has 0 N–H and O–H groups in total. The molecule has 0 aliphatic heterocycles. The quantitative estimate of drug-likeness (QED) is 0.414. The van der Waals surface area contributed by atoms with Crippen molar-refractivity contribution in [1.29, 1.82) is 0 Å². The van der Waals surface area contributed by atoms with Crippen LogP contribution >= 0.6 is 0 Å². The Hall–Kier alpha value is -0.900. The standard InChI is InChI=1S/C13H24O4/c1-12(14)8-4-5-9-13(15)17-11-7-3-6-10-16-2/h3-11H2,1-2H3. The summed E-state index contributed by atoms with van der Waals surface area (Å²) in [6.45, 7) is 2.83. The van der Waals surface area contributed by atoms with E-state index in [0.29, 0.717) is 19.4 Å². The van der Waals surface area contributed by atoms with Crippen LogP contribution in [0.2, 0.25) is 0 Å². The number of carbonyl (C=O) groups excluding carboxylic acids is 2. The van der Waals surface area contributed by atoms with Gasteiger partial charge in [0.05, 0.1) is 6.61 Å². The molecule has 0 unspecified atom stereocenters. The molecule has 0 aromatic rings. The number of ether oxygens (including phenoxy) is 2. The van der Waals surface area contributed by atoms with Gasteiger partial charge in [-0.15, -0.1) is 0 Å². The highest BCUT2D eigenvalue weighted by Crippen LogP contribution is 2.03. The Morgan fingerprint density at radius 3 is 2.18 bits per heavy atom. The molecule has 0 aromatic carbocycles. The van der Waals surface area contributed by atoms with Crippen molar-refractivity contribution in [2.75, 3.05) is 20.3 Å². The monoisotopic (exact) mass is 244 g/mol. The molecule has 0 rings (SSSR count). The first-order valence-electron chi connectivity index (χ1n) is 6.31. The van der Waals surface area contributed by atoms with Gasteiger partial charge in [-0.2, -0.15) is 0 Å². The van der Waals surface area contributed by atoms with Crippen molar-refractivity contribution in [3.05, 3.63) is 0 Å². The Bertz CT molecular complexity index is 213. The van der Waals surface area contributed by atoms with Gasteiger partial charge in [0.1, 0.15) is 5.78 Å². The molecular weight excluding hydrogens is 220 g/mol. The number of ketones is 1. The van der Waals surface area contributed by atoms with E-state index >= 15 is 0 Å². The number of methoxy groups -OCH3 is 1. The summed E-state index contributed by atoms with van der Waals surface area (Å²) < 4.78 is 9.98. The number of hydrogen-bond donors (Lipinski definition) is 0. The van der Waals surface area contributed by atoms with E-state index in [2.05, 4.69) is 0 Å². The van der Waals surface area contributed by atoms with E-state index in [-0.39, 0.29) is 11.8 Å². The maximum Gasteiger partial charge on any atom is 0.305 e. The number of hydrogen-bond acceptors (Lipinski definition) is 4. The number of carbonyl (C=O) groups is 2. The van der Waals surface area contributed by atoms with Crippen molar-refractivity contribution >= 4 is 11.8 Å². The van der Waals surface area contributed by atoms with Crippen molar-refractivity contribution in [2.45, 2.75) is 51.9 Å². The van der Waals surface area contributed by atoms with Gasteiger partial charge in [0, 0.05) is 26.6 Å². The number of unbranched alkanes of at least 4 members (excludes halogenated alkanes) is 3. The molecule has 0 aliphatic rings. The van der Waals surface area contributed by atoms with Crippen LogP contribution in [0.1, 0.15) is 51.9 Å². The van der Waals surface area contributed by atoms with Crippen LogP contribution in [-0.4, -0.2) is 32.1 Å². The van der Waals surface area contributed by atoms with Crippen LogP contribution in [0.3, 0.4) is 0 Å². The molecule has 0 aromatic heterocycles.